The topological polar surface area (TPSA) is 47.3 Å². The van der Waals surface area contributed by atoms with E-state index in [1.807, 2.05) is 49.7 Å². The van der Waals surface area contributed by atoms with Gasteiger partial charge in [-0.2, -0.15) is 0 Å². The molecule has 4 nitrogen and oxygen atoms in total. The Morgan fingerprint density at radius 2 is 2.17 bits per heavy atom. The number of aromatic nitrogens is 2. The predicted octanol–water partition coefficient (Wildman–Crippen LogP) is 2.38. The summed E-state index contributed by atoms with van der Waals surface area (Å²) in [4.78, 5) is 4.35. The van der Waals surface area contributed by atoms with Gasteiger partial charge in [-0.1, -0.05) is 0 Å². The molecule has 2 rings (SSSR count). The SMILES string of the molecule is CC(C)(C)OCC(CO)n1ccc2cccnc21. The molecule has 18 heavy (non-hydrogen) atoms. The maximum Gasteiger partial charge on any atom is 0.140 e. The minimum Gasteiger partial charge on any atom is -0.394 e. The van der Waals surface area contributed by atoms with Crippen LogP contribution in [0.3, 0.4) is 0 Å². The standard InChI is InChI=1S/C14H20N2O2/c1-14(2,3)18-10-12(9-17)16-8-6-11-5-4-7-15-13(11)16/h4-8,12,17H,9-10H2,1-3H3. The van der Waals surface area contributed by atoms with Gasteiger partial charge in [0, 0.05) is 17.8 Å². The van der Waals surface area contributed by atoms with Gasteiger partial charge in [0.05, 0.1) is 24.9 Å². The highest BCUT2D eigenvalue weighted by Gasteiger charge is 2.17. The summed E-state index contributed by atoms with van der Waals surface area (Å²) < 4.78 is 7.72. The number of hydrogen-bond acceptors (Lipinski definition) is 3. The van der Waals surface area contributed by atoms with Crippen LogP contribution in [-0.4, -0.2) is 33.5 Å². The van der Waals surface area contributed by atoms with E-state index in [-0.39, 0.29) is 18.2 Å². The molecule has 0 aromatic carbocycles. The number of aliphatic hydroxyl groups excluding tert-OH is 1. The first kappa shape index (κ1) is 13.1. The van der Waals surface area contributed by atoms with Crippen LogP contribution in [0.4, 0.5) is 0 Å². The van der Waals surface area contributed by atoms with Crippen LogP contribution in [-0.2, 0) is 4.74 Å². The molecule has 0 spiro atoms. The molecule has 0 fully saturated rings. The number of hydrogen-bond donors (Lipinski definition) is 1. The van der Waals surface area contributed by atoms with Gasteiger partial charge < -0.3 is 14.4 Å². The molecule has 1 N–H and O–H groups in total. The molecule has 0 amide bonds. The van der Waals surface area contributed by atoms with Crippen LogP contribution in [0.5, 0.6) is 0 Å². The summed E-state index contributed by atoms with van der Waals surface area (Å²) in [6.45, 7) is 6.53. The summed E-state index contributed by atoms with van der Waals surface area (Å²) in [5.74, 6) is 0. The molecular formula is C14H20N2O2. The molecular weight excluding hydrogens is 228 g/mol. The molecule has 2 aromatic heterocycles. The van der Waals surface area contributed by atoms with E-state index < -0.39 is 0 Å². The Morgan fingerprint density at radius 1 is 1.39 bits per heavy atom. The van der Waals surface area contributed by atoms with Gasteiger partial charge in [-0.15, -0.1) is 0 Å². The van der Waals surface area contributed by atoms with Crippen molar-refractivity contribution in [1.29, 1.82) is 0 Å². The van der Waals surface area contributed by atoms with Crippen LogP contribution in [0.15, 0.2) is 30.6 Å². The third-order valence-electron chi connectivity index (χ3n) is 2.79. The molecule has 2 heterocycles. The molecule has 2 aromatic rings. The zero-order valence-corrected chi connectivity index (χ0v) is 11.1. The van der Waals surface area contributed by atoms with Crippen LogP contribution in [0, 0.1) is 0 Å². The quantitative estimate of drug-likeness (QED) is 0.903. The second-order valence-corrected chi connectivity index (χ2v) is 5.40. The lowest BCUT2D eigenvalue weighted by Gasteiger charge is -2.24. The number of pyridine rings is 1. The van der Waals surface area contributed by atoms with Crippen molar-refractivity contribution in [2.24, 2.45) is 0 Å². The summed E-state index contributed by atoms with van der Waals surface area (Å²) in [6.07, 6.45) is 3.71. The van der Waals surface area contributed by atoms with Crippen LogP contribution in [0.1, 0.15) is 26.8 Å². The zero-order valence-electron chi connectivity index (χ0n) is 11.1. The van der Waals surface area contributed by atoms with E-state index in [0.29, 0.717) is 6.61 Å². The van der Waals surface area contributed by atoms with E-state index in [4.69, 9.17) is 4.74 Å². The van der Waals surface area contributed by atoms with Gasteiger partial charge in [-0.3, -0.25) is 0 Å². The van der Waals surface area contributed by atoms with Crippen LogP contribution >= 0.6 is 0 Å². The normalized spacial score (nSPS) is 14.0. The fraction of sp³-hybridized carbons (Fsp3) is 0.500. The minimum atomic E-state index is -0.205. The van der Waals surface area contributed by atoms with Crippen molar-refractivity contribution in [3.8, 4) is 0 Å². The Balaban J connectivity index is 2.22. The van der Waals surface area contributed by atoms with Gasteiger partial charge in [0.1, 0.15) is 5.65 Å². The Bertz CT molecular complexity index is 514. The van der Waals surface area contributed by atoms with E-state index in [1.165, 1.54) is 0 Å². The molecule has 98 valence electrons. The highest BCUT2D eigenvalue weighted by Crippen LogP contribution is 2.19. The molecule has 1 atom stereocenters. The van der Waals surface area contributed by atoms with Gasteiger partial charge in [0.15, 0.2) is 0 Å². The van der Waals surface area contributed by atoms with Crippen molar-refractivity contribution >= 4 is 11.0 Å². The number of rotatable bonds is 4. The minimum absolute atomic E-state index is 0.0381. The highest BCUT2D eigenvalue weighted by atomic mass is 16.5. The number of aliphatic hydroxyl groups is 1. The molecule has 0 saturated heterocycles. The molecule has 4 heteroatoms. The molecule has 0 radical (unpaired) electrons. The molecule has 0 saturated carbocycles. The number of nitrogens with zero attached hydrogens (tertiary/aromatic N) is 2. The first-order valence-electron chi connectivity index (χ1n) is 6.17. The summed E-state index contributed by atoms with van der Waals surface area (Å²) in [7, 11) is 0. The van der Waals surface area contributed by atoms with Gasteiger partial charge in [-0.25, -0.2) is 4.98 Å². The monoisotopic (exact) mass is 248 g/mol. The van der Waals surface area contributed by atoms with E-state index >= 15 is 0 Å². The van der Waals surface area contributed by atoms with Crippen molar-refractivity contribution in [3.63, 3.8) is 0 Å². The second kappa shape index (κ2) is 5.08. The van der Waals surface area contributed by atoms with Gasteiger partial charge in [0.2, 0.25) is 0 Å². The average Bonchev–Trinajstić information content (AvgIpc) is 2.73. The number of ether oxygens (including phenoxy) is 1. The maximum atomic E-state index is 9.53. The van der Waals surface area contributed by atoms with Crippen molar-refractivity contribution in [2.45, 2.75) is 32.4 Å². The predicted molar refractivity (Wildman–Crippen MR) is 71.6 cm³/mol. The first-order valence-corrected chi connectivity index (χ1v) is 6.17. The van der Waals surface area contributed by atoms with Crippen LogP contribution in [0.2, 0.25) is 0 Å². The molecule has 0 aliphatic heterocycles. The highest BCUT2D eigenvalue weighted by molar-refractivity contribution is 5.75. The fourth-order valence-corrected chi connectivity index (χ4v) is 1.85. The average molecular weight is 248 g/mol. The Labute approximate surface area is 107 Å². The lowest BCUT2D eigenvalue weighted by Crippen LogP contribution is -2.26. The third-order valence-corrected chi connectivity index (χ3v) is 2.79. The Morgan fingerprint density at radius 3 is 2.83 bits per heavy atom. The molecule has 0 aliphatic rings. The summed E-state index contributed by atoms with van der Waals surface area (Å²) in [5.41, 5.74) is 0.679. The first-order chi connectivity index (χ1) is 8.51. The maximum absolute atomic E-state index is 9.53. The van der Waals surface area contributed by atoms with Gasteiger partial charge >= 0.3 is 0 Å². The summed E-state index contributed by atoms with van der Waals surface area (Å²) in [6, 6.07) is 5.82. The van der Waals surface area contributed by atoms with Gasteiger partial charge in [-0.05, 0) is 39.0 Å². The molecule has 0 aliphatic carbocycles. The number of fused-ring (bicyclic) bond motifs is 1. The van der Waals surface area contributed by atoms with Crippen LogP contribution < -0.4 is 0 Å². The van der Waals surface area contributed by atoms with Crippen molar-refractivity contribution in [3.05, 3.63) is 30.6 Å². The summed E-state index contributed by atoms with van der Waals surface area (Å²) in [5, 5.41) is 10.6. The Hall–Kier alpha value is -1.39. The van der Waals surface area contributed by atoms with Crippen molar-refractivity contribution in [2.75, 3.05) is 13.2 Å². The molecule has 0 bridgehead atoms. The van der Waals surface area contributed by atoms with E-state index in [1.54, 1.807) is 6.20 Å². The second-order valence-electron chi connectivity index (χ2n) is 5.40. The molecule has 1 unspecified atom stereocenters. The third kappa shape index (κ3) is 2.89. The van der Waals surface area contributed by atoms with Crippen molar-refractivity contribution in [1.82, 2.24) is 9.55 Å². The van der Waals surface area contributed by atoms with E-state index in [9.17, 15) is 5.11 Å². The fourth-order valence-electron chi connectivity index (χ4n) is 1.85. The van der Waals surface area contributed by atoms with Crippen LogP contribution in [0.25, 0.3) is 11.0 Å². The van der Waals surface area contributed by atoms with Gasteiger partial charge in [0.25, 0.3) is 0 Å². The van der Waals surface area contributed by atoms with Crippen molar-refractivity contribution < 1.29 is 9.84 Å². The largest absolute Gasteiger partial charge is 0.394 e. The van der Waals surface area contributed by atoms with E-state index in [0.717, 1.165) is 11.0 Å². The Kier molecular flexibility index (Phi) is 3.68. The van der Waals surface area contributed by atoms with E-state index in [2.05, 4.69) is 4.98 Å². The lowest BCUT2D eigenvalue weighted by molar-refractivity contribution is -0.0272. The summed E-state index contributed by atoms with van der Waals surface area (Å²) >= 11 is 0. The zero-order chi connectivity index (χ0) is 13.2. The smallest absolute Gasteiger partial charge is 0.140 e. The lowest BCUT2D eigenvalue weighted by atomic mass is 10.2.